The van der Waals surface area contributed by atoms with Gasteiger partial charge in [-0.3, -0.25) is 9.78 Å². The minimum absolute atomic E-state index is 0.0846. The number of amides is 1. The lowest BCUT2D eigenvalue weighted by atomic mass is 10.2. The van der Waals surface area contributed by atoms with E-state index in [9.17, 15) is 9.18 Å². The molecule has 0 unspecified atom stereocenters. The van der Waals surface area contributed by atoms with Crippen molar-refractivity contribution in [1.82, 2.24) is 4.98 Å². The molecule has 0 saturated heterocycles. The van der Waals surface area contributed by atoms with Crippen LogP contribution in [0.5, 0.6) is 0 Å². The van der Waals surface area contributed by atoms with E-state index in [1.807, 2.05) is 0 Å². The number of hydrogen-bond donors (Lipinski definition) is 1. The zero-order valence-corrected chi connectivity index (χ0v) is 13.3. The molecule has 0 fully saturated rings. The number of carbonyl (C=O) groups is 1. The molecule has 0 aliphatic carbocycles. The smallest absolute Gasteiger partial charge is 0.258 e. The van der Waals surface area contributed by atoms with Crippen molar-refractivity contribution >= 4 is 50.7 Å². The number of nitrogens with one attached hydrogen (secondary N) is 1. The van der Waals surface area contributed by atoms with Crippen molar-refractivity contribution in [2.24, 2.45) is 0 Å². The molecule has 1 N–H and O–H groups in total. The fourth-order valence-corrected chi connectivity index (χ4v) is 2.73. The summed E-state index contributed by atoms with van der Waals surface area (Å²) < 4.78 is 13.5. The largest absolute Gasteiger partial charge is 0.320 e. The molecular formula is C13H8BrCl2FN2O. The van der Waals surface area contributed by atoms with E-state index in [1.165, 1.54) is 12.3 Å². The molecule has 2 rings (SSSR count). The summed E-state index contributed by atoms with van der Waals surface area (Å²) >= 11 is 15.0. The van der Waals surface area contributed by atoms with Gasteiger partial charge in [0.05, 0.1) is 21.3 Å². The van der Waals surface area contributed by atoms with Crippen LogP contribution in [0.4, 0.5) is 10.1 Å². The number of aromatic nitrogens is 1. The third-order valence-corrected chi connectivity index (χ3v) is 3.72. The molecule has 20 heavy (non-hydrogen) atoms. The predicted octanol–water partition coefficient (Wildman–Crippen LogP) is 4.85. The van der Waals surface area contributed by atoms with Gasteiger partial charge in [-0.2, -0.15) is 0 Å². The Morgan fingerprint density at radius 2 is 2.00 bits per heavy atom. The second kappa shape index (κ2) is 6.08. The molecule has 104 valence electrons. The molecule has 0 saturated carbocycles. The average Bonchev–Trinajstić information content (AvgIpc) is 2.33. The number of rotatable bonds is 2. The summed E-state index contributed by atoms with van der Waals surface area (Å²) in [6.45, 7) is 1.76. The number of anilines is 1. The first-order valence-electron chi connectivity index (χ1n) is 5.46. The number of hydrogen-bond acceptors (Lipinski definition) is 2. The molecule has 0 atom stereocenters. The Balaban J connectivity index is 2.33. The van der Waals surface area contributed by atoms with Crippen LogP contribution in [-0.4, -0.2) is 10.9 Å². The highest BCUT2D eigenvalue weighted by molar-refractivity contribution is 9.10. The van der Waals surface area contributed by atoms with Gasteiger partial charge < -0.3 is 5.32 Å². The zero-order valence-electron chi connectivity index (χ0n) is 10.2. The lowest BCUT2D eigenvalue weighted by Gasteiger charge is -2.10. The Hall–Kier alpha value is -1.17. The van der Waals surface area contributed by atoms with E-state index in [4.69, 9.17) is 23.2 Å². The van der Waals surface area contributed by atoms with E-state index in [0.717, 1.165) is 6.07 Å². The highest BCUT2D eigenvalue weighted by Gasteiger charge is 2.15. The van der Waals surface area contributed by atoms with Gasteiger partial charge in [0, 0.05) is 16.4 Å². The Bertz CT molecular complexity index is 671. The molecule has 1 aromatic carbocycles. The first kappa shape index (κ1) is 15.2. The number of aryl methyl sites for hydroxylation is 1. The van der Waals surface area contributed by atoms with Gasteiger partial charge in [-0.1, -0.05) is 23.2 Å². The third kappa shape index (κ3) is 3.29. The normalized spacial score (nSPS) is 10.4. The minimum atomic E-state index is -0.505. The van der Waals surface area contributed by atoms with Crippen molar-refractivity contribution in [3.8, 4) is 0 Å². The van der Waals surface area contributed by atoms with Gasteiger partial charge in [-0.15, -0.1) is 0 Å². The van der Waals surface area contributed by atoms with Crippen molar-refractivity contribution < 1.29 is 9.18 Å². The molecule has 3 nitrogen and oxygen atoms in total. The van der Waals surface area contributed by atoms with Crippen molar-refractivity contribution in [1.29, 1.82) is 0 Å². The summed E-state index contributed by atoms with van der Waals surface area (Å²) in [5.41, 5.74) is 1.19. The van der Waals surface area contributed by atoms with Crippen LogP contribution >= 0.6 is 39.1 Å². The molecule has 0 bridgehead atoms. The number of benzene rings is 1. The highest BCUT2D eigenvalue weighted by atomic mass is 79.9. The number of nitrogens with zero attached hydrogens (tertiary/aromatic N) is 1. The van der Waals surface area contributed by atoms with E-state index in [1.54, 1.807) is 13.0 Å². The van der Waals surface area contributed by atoms with Gasteiger partial charge in [-0.25, -0.2) is 4.39 Å². The monoisotopic (exact) mass is 376 g/mol. The van der Waals surface area contributed by atoms with E-state index < -0.39 is 11.7 Å². The molecule has 0 radical (unpaired) electrons. The first-order valence-corrected chi connectivity index (χ1v) is 7.01. The van der Waals surface area contributed by atoms with Crippen molar-refractivity contribution in [2.45, 2.75) is 6.92 Å². The summed E-state index contributed by atoms with van der Waals surface area (Å²) in [6.07, 6.45) is 1.37. The van der Waals surface area contributed by atoms with E-state index in [0.29, 0.717) is 10.2 Å². The Morgan fingerprint density at radius 3 is 2.60 bits per heavy atom. The maximum absolute atomic E-state index is 13.1. The number of halogens is 4. The van der Waals surface area contributed by atoms with Crippen molar-refractivity contribution in [3.63, 3.8) is 0 Å². The maximum Gasteiger partial charge on any atom is 0.258 e. The summed E-state index contributed by atoms with van der Waals surface area (Å²) in [6, 6.07) is 3.89. The molecule has 1 amide bonds. The number of carbonyl (C=O) groups excluding carboxylic acids is 1. The molecular weight excluding hydrogens is 370 g/mol. The lowest BCUT2D eigenvalue weighted by molar-refractivity contribution is 0.102. The SMILES string of the molecule is Cc1cc(Cl)c(C(=O)Nc2c(Cl)cc(F)cc2Br)cn1. The van der Waals surface area contributed by atoms with Gasteiger partial charge in [0.15, 0.2) is 0 Å². The molecule has 0 aliphatic rings. The van der Waals surface area contributed by atoms with E-state index in [2.05, 4.69) is 26.2 Å². The molecule has 0 aliphatic heterocycles. The fourth-order valence-electron chi connectivity index (χ4n) is 1.54. The standard InChI is InChI=1S/C13H8BrCl2FN2O/c1-6-2-10(15)8(5-18-6)13(20)19-12-9(14)3-7(17)4-11(12)16/h2-5H,1H3,(H,19,20). The second-order valence-corrected chi connectivity index (χ2v) is 5.67. The van der Waals surface area contributed by atoms with Gasteiger partial charge in [0.25, 0.3) is 5.91 Å². The maximum atomic E-state index is 13.1. The molecule has 7 heteroatoms. The zero-order chi connectivity index (χ0) is 14.9. The van der Waals surface area contributed by atoms with Gasteiger partial charge in [0.2, 0.25) is 0 Å². The summed E-state index contributed by atoms with van der Waals surface area (Å²) in [4.78, 5) is 16.1. The van der Waals surface area contributed by atoms with E-state index in [-0.39, 0.29) is 21.3 Å². The van der Waals surface area contributed by atoms with Crippen LogP contribution < -0.4 is 5.32 Å². The Kier molecular flexibility index (Phi) is 4.62. The van der Waals surface area contributed by atoms with E-state index >= 15 is 0 Å². The minimum Gasteiger partial charge on any atom is -0.320 e. The summed E-state index contributed by atoms with van der Waals surface area (Å²) in [5, 5.41) is 2.94. The van der Waals surface area contributed by atoms with Crippen molar-refractivity contribution in [2.75, 3.05) is 5.32 Å². The molecule has 0 spiro atoms. The van der Waals surface area contributed by atoms with Gasteiger partial charge >= 0.3 is 0 Å². The fraction of sp³-hybridized carbons (Fsp3) is 0.0769. The van der Waals surface area contributed by atoms with Crippen LogP contribution in [-0.2, 0) is 0 Å². The van der Waals surface area contributed by atoms with Crippen molar-refractivity contribution in [3.05, 3.63) is 56.0 Å². The highest BCUT2D eigenvalue weighted by Crippen LogP contribution is 2.32. The van der Waals surface area contributed by atoms with Crippen LogP contribution in [0.15, 0.2) is 28.9 Å². The Labute approximate surface area is 133 Å². The summed E-state index contributed by atoms with van der Waals surface area (Å²) in [5.74, 6) is -0.980. The summed E-state index contributed by atoms with van der Waals surface area (Å²) in [7, 11) is 0. The molecule has 2 aromatic rings. The second-order valence-electron chi connectivity index (χ2n) is 4.00. The van der Waals surface area contributed by atoms with Crippen LogP contribution in [0.1, 0.15) is 16.1 Å². The van der Waals surface area contributed by atoms with Gasteiger partial charge in [0.1, 0.15) is 5.82 Å². The number of pyridine rings is 1. The predicted molar refractivity (Wildman–Crippen MR) is 81.0 cm³/mol. The van der Waals surface area contributed by atoms with Gasteiger partial charge in [-0.05, 0) is 41.1 Å². The van der Waals surface area contributed by atoms with Crippen LogP contribution in [0.25, 0.3) is 0 Å². The molecule has 1 heterocycles. The quantitative estimate of drug-likeness (QED) is 0.812. The third-order valence-electron chi connectivity index (χ3n) is 2.48. The first-order chi connectivity index (χ1) is 9.38. The van der Waals surface area contributed by atoms with Crippen LogP contribution in [0.2, 0.25) is 10.0 Å². The average molecular weight is 378 g/mol. The van der Waals surface area contributed by atoms with Crippen LogP contribution in [0.3, 0.4) is 0 Å². The van der Waals surface area contributed by atoms with Crippen LogP contribution in [0, 0.1) is 12.7 Å². The Morgan fingerprint density at radius 1 is 1.30 bits per heavy atom. The molecule has 1 aromatic heterocycles. The topological polar surface area (TPSA) is 42.0 Å². The lowest BCUT2D eigenvalue weighted by Crippen LogP contribution is -2.14.